The maximum absolute atomic E-state index is 5.98. The van der Waals surface area contributed by atoms with Gasteiger partial charge in [-0.2, -0.15) is 0 Å². The van der Waals surface area contributed by atoms with Crippen molar-refractivity contribution in [3.8, 4) is 5.75 Å². The minimum atomic E-state index is -0.241. The monoisotopic (exact) mass is 336 g/mol. The van der Waals surface area contributed by atoms with Crippen LogP contribution in [-0.4, -0.2) is 13.4 Å². The molecule has 1 aromatic rings. The molecule has 1 rings (SSSR count). The lowest BCUT2D eigenvalue weighted by Crippen LogP contribution is -2.33. The zero-order chi connectivity index (χ0) is 18.9. The fourth-order valence-corrected chi connectivity index (χ4v) is 2.80. The molecule has 0 heterocycles. The summed E-state index contributed by atoms with van der Waals surface area (Å²) in [4.78, 5) is 0. The van der Waals surface area contributed by atoms with Crippen LogP contribution in [0.1, 0.15) is 80.2 Å². The van der Waals surface area contributed by atoms with Crippen molar-refractivity contribution >= 4 is 0 Å². The molecule has 0 spiro atoms. The summed E-state index contributed by atoms with van der Waals surface area (Å²) in [5.41, 5.74) is 1.35. The van der Waals surface area contributed by atoms with E-state index < -0.39 is 0 Å². The second-order valence-electron chi connectivity index (χ2n) is 8.10. The Morgan fingerprint density at radius 2 is 1.42 bits per heavy atom. The standard InChI is InChI=1S/C20H34O2.C2H6/c1-14(2)13-18(15(3)4)16-9-11-17(12-10-16)22-19(21-8)20(5,6)7;1-2/h9-12,14-15,18-19H,13H2,1-8H3;1-2H3. The number of hydrogen-bond acceptors (Lipinski definition) is 2. The van der Waals surface area contributed by atoms with Gasteiger partial charge in [-0.3, -0.25) is 0 Å². The van der Waals surface area contributed by atoms with Crippen molar-refractivity contribution in [2.24, 2.45) is 17.3 Å². The average Bonchev–Trinajstić information content (AvgIpc) is 2.51. The van der Waals surface area contributed by atoms with Gasteiger partial charge in [0, 0.05) is 12.5 Å². The van der Waals surface area contributed by atoms with Crippen LogP contribution in [0.15, 0.2) is 24.3 Å². The smallest absolute Gasteiger partial charge is 0.204 e. The molecule has 0 radical (unpaired) electrons. The van der Waals surface area contributed by atoms with Crippen LogP contribution in [0, 0.1) is 17.3 Å². The Morgan fingerprint density at radius 3 is 1.75 bits per heavy atom. The van der Waals surface area contributed by atoms with E-state index in [1.807, 2.05) is 13.8 Å². The van der Waals surface area contributed by atoms with Gasteiger partial charge < -0.3 is 9.47 Å². The van der Waals surface area contributed by atoms with Crippen molar-refractivity contribution in [1.82, 2.24) is 0 Å². The molecule has 140 valence electrons. The first-order chi connectivity index (χ1) is 11.1. The molecule has 0 saturated carbocycles. The molecule has 0 bridgehead atoms. The summed E-state index contributed by atoms with van der Waals surface area (Å²) in [5, 5.41) is 0. The molecule has 0 N–H and O–H groups in total. The van der Waals surface area contributed by atoms with Crippen molar-refractivity contribution in [3.63, 3.8) is 0 Å². The van der Waals surface area contributed by atoms with Gasteiger partial charge in [-0.1, -0.05) is 74.4 Å². The van der Waals surface area contributed by atoms with Crippen LogP contribution in [0.5, 0.6) is 5.75 Å². The van der Waals surface area contributed by atoms with E-state index in [-0.39, 0.29) is 11.7 Å². The first-order valence-electron chi connectivity index (χ1n) is 9.44. The normalized spacial score (nSPS) is 14.2. The topological polar surface area (TPSA) is 18.5 Å². The Hall–Kier alpha value is -1.02. The highest BCUT2D eigenvalue weighted by atomic mass is 16.7. The number of hydrogen-bond donors (Lipinski definition) is 0. The van der Waals surface area contributed by atoms with Crippen molar-refractivity contribution in [2.45, 2.75) is 80.9 Å². The highest BCUT2D eigenvalue weighted by molar-refractivity contribution is 5.30. The van der Waals surface area contributed by atoms with Gasteiger partial charge in [-0.15, -0.1) is 0 Å². The molecule has 0 saturated heterocycles. The molecule has 0 aliphatic rings. The first-order valence-corrected chi connectivity index (χ1v) is 9.44. The summed E-state index contributed by atoms with van der Waals surface area (Å²) in [7, 11) is 1.70. The third-order valence-corrected chi connectivity index (χ3v) is 4.00. The molecular weight excluding hydrogens is 296 g/mol. The molecule has 0 aliphatic carbocycles. The SMILES string of the molecule is CC.COC(Oc1ccc(C(CC(C)C)C(C)C)cc1)C(C)(C)C. The fourth-order valence-electron chi connectivity index (χ4n) is 2.80. The van der Waals surface area contributed by atoms with E-state index in [2.05, 4.69) is 72.7 Å². The van der Waals surface area contributed by atoms with Gasteiger partial charge in [0.2, 0.25) is 6.29 Å². The minimum Gasteiger partial charge on any atom is -0.464 e. The lowest BCUT2D eigenvalue weighted by molar-refractivity contribution is -0.120. The quantitative estimate of drug-likeness (QED) is 0.504. The highest BCUT2D eigenvalue weighted by Crippen LogP contribution is 2.32. The maximum atomic E-state index is 5.98. The van der Waals surface area contributed by atoms with Crippen LogP contribution >= 0.6 is 0 Å². The summed E-state index contributed by atoms with van der Waals surface area (Å²) in [5.74, 6) is 2.84. The maximum Gasteiger partial charge on any atom is 0.204 e. The molecule has 2 nitrogen and oxygen atoms in total. The first kappa shape index (κ1) is 23.0. The summed E-state index contributed by atoms with van der Waals surface area (Å²) in [6.07, 6.45) is 0.982. The lowest BCUT2D eigenvalue weighted by Gasteiger charge is -2.30. The minimum absolute atomic E-state index is 0.0501. The van der Waals surface area contributed by atoms with Crippen LogP contribution in [0.25, 0.3) is 0 Å². The molecule has 2 unspecified atom stereocenters. The lowest BCUT2D eigenvalue weighted by atomic mass is 9.82. The average molecular weight is 337 g/mol. The highest BCUT2D eigenvalue weighted by Gasteiger charge is 2.26. The Balaban J connectivity index is 0.00000254. The van der Waals surface area contributed by atoms with Gasteiger partial charge >= 0.3 is 0 Å². The predicted octanol–water partition coefficient (Wildman–Crippen LogP) is 6.90. The van der Waals surface area contributed by atoms with Crippen LogP contribution in [0.2, 0.25) is 0 Å². The summed E-state index contributed by atoms with van der Waals surface area (Å²) in [6, 6.07) is 8.56. The fraction of sp³-hybridized carbons (Fsp3) is 0.727. The van der Waals surface area contributed by atoms with Crippen LogP contribution in [0.4, 0.5) is 0 Å². The molecule has 2 atom stereocenters. The molecule has 2 heteroatoms. The van der Waals surface area contributed by atoms with Gasteiger partial charge in [0.05, 0.1) is 0 Å². The van der Waals surface area contributed by atoms with E-state index in [0.717, 1.165) is 5.75 Å². The predicted molar refractivity (Wildman–Crippen MR) is 106 cm³/mol. The number of ether oxygens (including phenoxy) is 2. The van der Waals surface area contributed by atoms with Crippen molar-refractivity contribution in [1.29, 1.82) is 0 Å². The molecule has 0 aliphatic heterocycles. The second-order valence-corrected chi connectivity index (χ2v) is 8.10. The van der Waals surface area contributed by atoms with Crippen LogP contribution in [-0.2, 0) is 4.74 Å². The zero-order valence-electron chi connectivity index (χ0n) is 17.6. The van der Waals surface area contributed by atoms with Crippen molar-refractivity contribution in [2.75, 3.05) is 7.11 Å². The Bertz CT molecular complexity index is 426. The van der Waals surface area contributed by atoms with E-state index in [0.29, 0.717) is 17.8 Å². The van der Waals surface area contributed by atoms with Gasteiger partial charge in [0.1, 0.15) is 5.75 Å². The van der Waals surface area contributed by atoms with E-state index >= 15 is 0 Å². The summed E-state index contributed by atoms with van der Waals surface area (Å²) in [6.45, 7) is 19.5. The van der Waals surface area contributed by atoms with Gasteiger partial charge in [0.25, 0.3) is 0 Å². The molecule has 24 heavy (non-hydrogen) atoms. The molecule has 1 aromatic carbocycles. The molecule has 0 fully saturated rings. The molecule has 0 amide bonds. The summed E-state index contributed by atoms with van der Waals surface area (Å²) < 4.78 is 11.4. The Morgan fingerprint density at radius 1 is 0.917 bits per heavy atom. The third kappa shape index (κ3) is 7.70. The van der Waals surface area contributed by atoms with Gasteiger partial charge in [0.15, 0.2) is 0 Å². The third-order valence-electron chi connectivity index (χ3n) is 4.00. The van der Waals surface area contributed by atoms with E-state index in [1.54, 1.807) is 7.11 Å². The van der Waals surface area contributed by atoms with Crippen molar-refractivity contribution in [3.05, 3.63) is 29.8 Å². The van der Waals surface area contributed by atoms with E-state index in [9.17, 15) is 0 Å². The van der Waals surface area contributed by atoms with Crippen LogP contribution < -0.4 is 4.74 Å². The molecule has 0 aromatic heterocycles. The largest absolute Gasteiger partial charge is 0.464 e. The Labute approximate surface area is 151 Å². The number of rotatable bonds is 7. The molecular formula is C22H40O2. The zero-order valence-corrected chi connectivity index (χ0v) is 17.6. The van der Waals surface area contributed by atoms with E-state index in [1.165, 1.54) is 12.0 Å². The number of benzene rings is 1. The van der Waals surface area contributed by atoms with E-state index in [4.69, 9.17) is 9.47 Å². The Kier molecular flexibility index (Phi) is 10.3. The number of methoxy groups -OCH3 is 1. The second kappa shape index (κ2) is 10.8. The van der Waals surface area contributed by atoms with Gasteiger partial charge in [-0.25, -0.2) is 0 Å². The summed E-state index contributed by atoms with van der Waals surface area (Å²) >= 11 is 0. The van der Waals surface area contributed by atoms with Crippen LogP contribution in [0.3, 0.4) is 0 Å². The van der Waals surface area contributed by atoms with Crippen molar-refractivity contribution < 1.29 is 9.47 Å². The van der Waals surface area contributed by atoms with Gasteiger partial charge in [-0.05, 0) is 41.9 Å².